The topological polar surface area (TPSA) is 30.5 Å². The first-order valence-corrected chi connectivity index (χ1v) is 7.42. The molecule has 0 saturated heterocycles. The van der Waals surface area contributed by atoms with Crippen LogP contribution in [0, 0.1) is 5.92 Å². The summed E-state index contributed by atoms with van der Waals surface area (Å²) in [5, 5.41) is 3.42. The molecule has 2 aromatic rings. The van der Waals surface area contributed by atoms with Crippen LogP contribution >= 0.6 is 0 Å². The van der Waals surface area contributed by atoms with Crippen molar-refractivity contribution in [1.29, 1.82) is 0 Å². The molecule has 0 saturated carbocycles. The molecule has 0 atom stereocenters. The first-order valence-electron chi connectivity index (χ1n) is 7.42. The summed E-state index contributed by atoms with van der Waals surface area (Å²) in [6.07, 6.45) is 1.13. The fourth-order valence-electron chi connectivity index (χ4n) is 2.48. The van der Waals surface area contributed by atoms with E-state index in [-0.39, 0.29) is 0 Å². The van der Waals surface area contributed by atoms with Crippen LogP contribution in [-0.2, 0) is 13.0 Å². The summed E-state index contributed by atoms with van der Waals surface area (Å²) >= 11 is 0. The van der Waals surface area contributed by atoms with Gasteiger partial charge in [-0.3, -0.25) is 0 Å². The molecule has 0 amide bonds. The second kappa shape index (κ2) is 6.08. The van der Waals surface area contributed by atoms with Gasteiger partial charge in [-0.2, -0.15) is 0 Å². The lowest BCUT2D eigenvalue weighted by Crippen LogP contribution is -2.00. The molecule has 1 aliphatic rings. The molecule has 2 aromatic carbocycles. The van der Waals surface area contributed by atoms with Gasteiger partial charge in [-0.15, -0.1) is 0 Å². The molecule has 0 aliphatic carbocycles. The maximum absolute atomic E-state index is 5.38. The molecule has 0 radical (unpaired) electrons. The summed E-state index contributed by atoms with van der Waals surface area (Å²) in [6.45, 7) is 5.61. The van der Waals surface area contributed by atoms with E-state index in [9.17, 15) is 0 Å². The van der Waals surface area contributed by atoms with Gasteiger partial charge in [-0.1, -0.05) is 38.1 Å². The van der Waals surface area contributed by atoms with Gasteiger partial charge in [0, 0.05) is 18.3 Å². The maximum atomic E-state index is 5.38. The SMILES string of the molecule is CC(C)Cc1ccc(CNc2ccc3c(c2)OCO3)cc1. The summed E-state index contributed by atoms with van der Waals surface area (Å²) in [5.41, 5.74) is 3.72. The van der Waals surface area contributed by atoms with Crippen LogP contribution in [0.4, 0.5) is 5.69 Å². The van der Waals surface area contributed by atoms with Crippen molar-refractivity contribution in [3.8, 4) is 11.5 Å². The highest BCUT2D eigenvalue weighted by Gasteiger charge is 2.12. The quantitative estimate of drug-likeness (QED) is 0.891. The highest BCUT2D eigenvalue weighted by molar-refractivity contribution is 5.55. The molecule has 3 nitrogen and oxygen atoms in total. The van der Waals surface area contributed by atoms with E-state index >= 15 is 0 Å². The first-order chi connectivity index (χ1) is 10.2. The van der Waals surface area contributed by atoms with Gasteiger partial charge in [0.25, 0.3) is 0 Å². The Morgan fingerprint density at radius 1 is 0.952 bits per heavy atom. The molecule has 21 heavy (non-hydrogen) atoms. The Bertz CT molecular complexity index is 605. The lowest BCUT2D eigenvalue weighted by molar-refractivity contribution is 0.174. The number of rotatable bonds is 5. The molecular weight excluding hydrogens is 262 g/mol. The molecule has 3 heteroatoms. The number of hydrogen-bond donors (Lipinski definition) is 1. The minimum Gasteiger partial charge on any atom is -0.454 e. The van der Waals surface area contributed by atoms with E-state index in [1.54, 1.807) is 0 Å². The van der Waals surface area contributed by atoms with Crippen molar-refractivity contribution in [2.45, 2.75) is 26.8 Å². The van der Waals surface area contributed by atoms with E-state index in [1.807, 2.05) is 18.2 Å². The van der Waals surface area contributed by atoms with Crippen molar-refractivity contribution in [1.82, 2.24) is 0 Å². The standard InChI is InChI=1S/C18H21NO2/c1-13(2)9-14-3-5-15(6-4-14)11-19-16-7-8-17-18(10-16)21-12-20-17/h3-8,10,13,19H,9,11-12H2,1-2H3. The second-order valence-electron chi connectivity index (χ2n) is 5.84. The minimum absolute atomic E-state index is 0.316. The molecule has 3 rings (SSSR count). The number of benzene rings is 2. The van der Waals surface area contributed by atoms with E-state index in [2.05, 4.69) is 43.4 Å². The largest absolute Gasteiger partial charge is 0.454 e. The van der Waals surface area contributed by atoms with Gasteiger partial charge in [0.15, 0.2) is 11.5 Å². The fourth-order valence-corrected chi connectivity index (χ4v) is 2.48. The zero-order chi connectivity index (χ0) is 14.7. The van der Waals surface area contributed by atoms with E-state index < -0.39 is 0 Å². The Balaban J connectivity index is 1.59. The average Bonchev–Trinajstić information content (AvgIpc) is 2.93. The molecule has 0 fully saturated rings. The monoisotopic (exact) mass is 283 g/mol. The zero-order valence-electron chi connectivity index (χ0n) is 12.6. The van der Waals surface area contributed by atoms with Gasteiger partial charge in [0.05, 0.1) is 0 Å². The van der Waals surface area contributed by atoms with Gasteiger partial charge in [-0.25, -0.2) is 0 Å². The normalized spacial score (nSPS) is 12.7. The van der Waals surface area contributed by atoms with Crippen molar-refractivity contribution < 1.29 is 9.47 Å². The van der Waals surface area contributed by atoms with Crippen LogP contribution in [0.15, 0.2) is 42.5 Å². The van der Waals surface area contributed by atoms with Crippen LogP contribution in [0.3, 0.4) is 0 Å². The number of fused-ring (bicyclic) bond motifs is 1. The van der Waals surface area contributed by atoms with Crippen LogP contribution < -0.4 is 14.8 Å². The van der Waals surface area contributed by atoms with E-state index in [0.29, 0.717) is 12.7 Å². The van der Waals surface area contributed by atoms with E-state index in [1.165, 1.54) is 11.1 Å². The van der Waals surface area contributed by atoms with Crippen LogP contribution in [-0.4, -0.2) is 6.79 Å². The lowest BCUT2D eigenvalue weighted by Gasteiger charge is -2.09. The van der Waals surface area contributed by atoms with Crippen molar-refractivity contribution in [3.63, 3.8) is 0 Å². The highest BCUT2D eigenvalue weighted by atomic mass is 16.7. The van der Waals surface area contributed by atoms with E-state index in [4.69, 9.17) is 9.47 Å². The fraction of sp³-hybridized carbons (Fsp3) is 0.333. The smallest absolute Gasteiger partial charge is 0.231 e. The minimum atomic E-state index is 0.316. The van der Waals surface area contributed by atoms with Gasteiger partial charge >= 0.3 is 0 Å². The summed E-state index contributed by atoms with van der Waals surface area (Å²) in [7, 11) is 0. The molecule has 1 N–H and O–H groups in total. The van der Waals surface area contributed by atoms with Crippen LogP contribution in [0.2, 0.25) is 0 Å². The Kier molecular flexibility index (Phi) is 4.00. The Morgan fingerprint density at radius 2 is 1.67 bits per heavy atom. The summed E-state index contributed by atoms with van der Waals surface area (Å²) < 4.78 is 10.7. The number of nitrogens with one attached hydrogen (secondary N) is 1. The summed E-state index contributed by atoms with van der Waals surface area (Å²) in [5.74, 6) is 2.33. The summed E-state index contributed by atoms with van der Waals surface area (Å²) in [4.78, 5) is 0. The third-order valence-corrected chi connectivity index (χ3v) is 3.54. The Labute approximate surface area is 125 Å². The third-order valence-electron chi connectivity index (χ3n) is 3.54. The zero-order valence-corrected chi connectivity index (χ0v) is 12.6. The van der Waals surface area contributed by atoms with Crippen molar-refractivity contribution >= 4 is 5.69 Å². The van der Waals surface area contributed by atoms with Crippen molar-refractivity contribution in [2.75, 3.05) is 12.1 Å². The maximum Gasteiger partial charge on any atom is 0.231 e. The van der Waals surface area contributed by atoms with Gasteiger partial charge < -0.3 is 14.8 Å². The van der Waals surface area contributed by atoms with Gasteiger partial charge in [0.1, 0.15) is 0 Å². The number of anilines is 1. The molecular formula is C18H21NO2. The summed E-state index contributed by atoms with van der Waals surface area (Å²) in [6, 6.07) is 14.8. The Morgan fingerprint density at radius 3 is 2.43 bits per heavy atom. The van der Waals surface area contributed by atoms with Crippen molar-refractivity contribution in [3.05, 3.63) is 53.6 Å². The average molecular weight is 283 g/mol. The molecule has 0 unspecified atom stereocenters. The van der Waals surface area contributed by atoms with Gasteiger partial charge in [0.2, 0.25) is 6.79 Å². The predicted octanol–water partition coefficient (Wildman–Crippen LogP) is 4.23. The molecule has 110 valence electrons. The lowest BCUT2D eigenvalue weighted by atomic mass is 10.0. The van der Waals surface area contributed by atoms with E-state index in [0.717, 1.165) is 30.2 Å². The molecule has 1 heterocycles. The van der Waals surface area contributed by atoms with Gasteiger partial charge in [-0.05, 0) is 35.6 Å². The van der Waals surface area contributed by atoms with Crippen molar-refractivity contribution in [2.24, 2.45) is 5.92 Å². The number of ether oxygens (including phenoxy) is 2. The molecule has 0 aromatic heterocycles. The molecule has 1 aliphatic heterocycles. The Hall–Kier alpha value is -2.16. The number of hydrogen-bond acceptors (Lipinski definition) is 3. The van der Waals surface area contributed by atoms with Crippen LogP contribution in [0.25, 0.3) is 0 Å². The first kappa shape index (κ1) is 13.8. The highest BCUT2D eigenvalue weighted by Crippen LogP contribution is 2.34. The van der Waals surface area contributed by atoms with Crippen LogP contribution in [0.5, 0.6) is 11.5 Å². The van der Waals surface area contributed by atoms with Crippen LogP contribution in [0.1, 0.15) is 25.0 Å². The second-order valence-corrected chi connectivity index (χ2v) is 5.84. The molecule has 0 spiro atoms. The predicted molar refractivity (Wildman–Crippen MR) is 84.9 cm³/mol. The third kappa shape index (κ3) is 3.48. The molecule has 0 bridgehead atoms.